The molecule has 0 spiro atoms. The molecule has 0 heterocycles. The molecule has 0 aliphatic rings. The molecule has 4 nitrogen and oxygen atoms in total. The zero-order valence-electron chi connectivity index (χ0n) is 13.3. The molecule has 0 aliphatic carbocycles. The number of hydrogen-bond acceptors (Lipinski definition) is 3. The van der Waals surface area contributed by atoms with Gasteiger partial charge >= 0.3 is 0 Å². The van der Waals surface area contributed by atoms with Crippen LogP contribution in [0, 0.1) is 6.92 Å². The molecular weight excluding hydrogens is 252 g/mol. The topological polar surface area (TPSA) is 64.3 Å². The first-order chi connectivity index (χ1) is 9.20. The van der Waals surface area contributed by atoms with E-state index in [1.54, 1.807) is 7.11 Å². The van der Waals surface area contributed by atoms with E-state index in [4.69, 9.17) is 10.5 Å². The Balaban J connectivity index is 3.32. The van der Waals surface area contributed by atoms with Crippen molar-refractivity contribution in [3.8, 4) is 5.75 Å². The molecule has 112 valence electrons. The van der Waals surface area contributed by atoms with Gasteiger partial charge in [0.25, 0.3) is 5.91 Å². The quantitative estimate of drug-likeness (QED) is 0.888. The van der Waals surface area contributed by atoms with Gasteiger partial charge in [-0.1, -0.05) is 26.8 Å². The van der Waals surface area contributed by atoms with Gasteiger partial charge in [-0.3, -0.25) is 4.79 Å². The van der Waals surface area contributed by atoms with Crippen molar-refractivity contribution in [1.82, 2.24) is 5.32 Å². The normalized spacial score (nSPS) is 12.9. The van der Waals surface area contributed by atoms with Crippen molar-refractivity contribution >= 4 is 5.91 Å². The highest BCUT2D eigenvalue weighted by Gasteiger charge is 2.24. The molecule has 1 aromatic carbocycles. The molecule has 1 atom stereocenters. The minimum absolute atomic E-state index is 0.0641. The van der Waals surface area contributed by atoms with Crippen molar-refractivity contribution in [2.45, 2.75) is 46.1 Å². The number of carbonyl (C=O) groups is 1. The first-order valence-corrected chi connectivity index (χ1v) is 6.90. The van der Waals surface area contributed by atoms with Crippen molar-refractivity contribution in [2.24, 2.45) is 5.73 Å². The van der Waals surface area contributed by atoms with Crippen LogP contribution in [0.3, 0.4) is 0 Å². The van der Waals surface area contributed by atoms with Gasteiger partial charge in [0.15, 0.2) is 0 Å². The Kier molecular flexibility index (Phi) is 5.17. The molecule has 1 amide bonds. The van der Waals surface area contributed by atoms with E-state index in [-0.39, 0.29) is 17.4 Å². The van der Waals surface area contributed by atoms with E-state index in [9.17, 15) is 4.79 Å². The first-order valence-electron chi connectivity index (χ1n) is 6.90. The summed E-state index contributed by atoms with van der Waals surface area (Å²) in [5.74, 6) is 0.499. The van der Waals surface area contributed by atoms with E-state index in [2.05, 4.69) is 32.2 Å². The molecule has 4 heteroatoms. The smallest absolute Gasteiger partial charge is 0.255 e. The maximum absolute atomic E-state index is 12.4. The van der Waals surface area contributed by atoms with Crippen molar-refractivity contribution in [2.75, 3.05) is 13.7 Å². The molecule has 0 saturated carbocycles. The predicted octanol–water partition coefficient (Wildman–Crippen LogP) is 2.38. The van der Waals surface area contributed by atoms with Crippen LogP contribution >= 0.6 is 0 Å². The number of rotatable bonds is 4. The van der Waals surface area contributed by atoms with E-state index >= 15 is 0 Å². The average Bonchev–Trinajstić information content (AvgIpc) is 2.36. The van der Waals surface area contributed by atoms with Gasteiger partial charge in [0.05, 0.1) is 12.7 Å². The number of aryl methyl sites for hydroxylation is 1. The molecule has 0 radical (unpaired) electrons. The van der Waals surface area contributed by atoms with Gasteiger partial charge in [-0.25, -0.2) is 0 Å². The van der Waals surface area contributed by atoms with Crippen molar-refractivity contribution in [3.63, 3.8) is 0 Å². The number of nitrogens with two attached hydrogens (primary N) is 1. The zero-order chi connectivity index (χ0) is 15.5. The van der Waals surface area contributed by atoms with Crippen LogP contribution in [0.25, 0.3) is 0 Å². The molecule has 1 aromatic rings. The fraction of sp³-hybridized carbons (Fsp3) is 0.562. The summed E-state index contributed by atoms with van der Waals surface area (Å²) in [7, 11) is 1.60. The monoisotopic (exact) mass is 278 g/mol. The summed E-state index contributed by atoms with van der Waals surface area (Å²) in [6.07, 6.45) is 0. The summed E-state index contributed by atoms with van der Waals surface area (Å²) in [4.78, 5) is 12.4. The second-order valence-corrected chi connectivity index (χ2v) is 6.25. The van der Waals surface area contributed by atoms with Crippen LogP contribution in [0.15, 0.2) is 12.1 Å². The largest absolute Gasteiger partial charge is 0.496 e. The summed E-state index contributed by atoms with van der Waals surface area (Å²) in [6, 6.07) is 3.86. The Hall–Kier alpha value is -1.55. The summed E-state index contributed by atoms with van der Waals surface area (Å²) in [6.45, 7) is 10.6. The van der Waals surface area contributed by atoms with Gasteiger partial charge in [0, 0.05) is 18.2 Å². The molecule has 1 unspecified atom stereocenters. The Morgan fingerprint density at radius 1 is 1.40 bits per heavy atom. The lowest BCUT2D eigenvalue weighted by molar-refractivity contribution is 0.0938. The number of hydrogen-bond donors (Lipinski definition) is 2. The minimum atomic E-state index is -0.144. The van der Waals surface area contributed by atoms with Crippen LogP contribution in [0.5, 0.6) is 5.75 Å². The van der Waals surface area contributed by atoms with Crippen LogP contribution in [-0.4, -0.2) is 25.6 Å². The molecule has 3 N–H and O–H groups in total. The highest BCUT2D eigenvalue weighted by Crippen LogP contribution is 2.35. The first kappa shape index (κ1) is 16.5. The fourth-order valence-electron chi connectivity index (χ4n) is 2.08. The molecule has 20 heavy (non-hydrogen) atoms. The van der Waals surface area contributed by atoms with Gasteiger partial charge in [0.1, 0.15) is 5.75 Å². The Labute approximate surface area is 121 Å². The average molecular weight is 278 g/mol. The number of nitrogens with one attached hydrogen (secondary N) is 1. The fourth-order valence-corrected chi connectivity index (χ4v) is 2.08. The summed E-state index contributed by atoms with van der Waals surface area (Å²) >= 11 is 0. The van der Waals surface area contributed by atoms with Crippen molar-refractivity contribution < 1.29 is 9.53 Å². The van der Waals surface area contributed by atoms with Crippen LogP contribution < -0.4 is 15.8 Å². The van der Waals surface area contributed by atoms with E-state index in [0.717, 1.165) is 11.1 Å². The number of amides is 1. The maximum atomic E-state index is 12.4. The van der Waals surface area contributed by atoms with Crippen LogP contribution in [-0.2, 0) is 5.41 Å². The third-order valence-electron chi connectivity index (χ3n) is 3.22. The Morgan fingerprint density at radius 2 is 2.00 bits per heavy atom. The summed E-state index contributed by atoms with van der Waals surface area (Å²) in [5.41, 5.74) is 8.10. The van der Waals surface area contributed by atoms with Gasteiger partial charge in [-0.05, 0) is 30.9 Å². The van der Waals surface area contributed by atoms with E-state index in [1.165, 1.54) is 0 Å². The molecule has 0 bridgehead atoms. The van der Waals surface area contributed by atoms with Gasteiger partial charge < -0.3 is 15.8 Å². The SMILES string of the molecule is COc1c(C(=O)NC(C)CN)cc(C)cc1C(C)(C)C. The zero-order valence-corrected chi connectivity index (χ0v) is 13.3. The maximum Gasteiger partial charge on any atom is 0.255 e. The molecule has 0 fully saturated rings. The van der Waals surface area contributed by atoms with E-state index in [0.29, 0.717) is 17.9 Å². The van der Waals surface area contributed by atoms with E-state index in [1.807, 2.05) is 19.9 Å². The van der Waals surface area contributed by atoms with Gasteiger partial charge in [-0.15, -0.1) is 0 Å². The number of benzene rings is 1. The predicted molar refractivity (Wildman–Crippen MR) is 82.4 cm³/mol. The molecular formula is C16H26N2O2. The van der Waals surface area contributed by atoms with Crippen LogP contribution in [0.4, 0.5) is 0 Å². The third-order valence-corrected chi connectivity index (χ3v) is 3.22. The lowest BCUT2D eigenvalue weighted by atomic mass is 9.84. The van der Waals surface area contributed by atoms with Gasteiger partial charge in [-0.2, -0.15) is 0 Å². The lowest BCUT2D eigenvalue weighted by Gasteiger charge is -2.25. The van der Waals surface area contributed by atoms with Crippen LogP contribution in [0.1, 0.15) is 49.2 Å². The molecule has 0 aliphatic heterocycles. The minimum Gasteiger partial charge on any atom is -0.496 e. The number of carbonyl (C=O) groups excluding carboxylic acids is 1. The summed E-state index contributed by atoms with van der Waals surface area (Å²) in [5, 5.41) is 2.88. The third kappa shape index (κ3) is 3.73. The van der Waals surface area contributed by atoms with Gasteiger partial charge in [0.2, 0.25) is 0 Å². The second kappa shape index (κ2) is 6.27. The Bertz CT molecular complexity index is 490. The number of ether oxygens (including phenoxy) is 1. The van der Waals surface area contributed by atoms with Crippen molar-refractivity contribution in [1.29, 1.82) is 0 Å². The highest BCUT2D eigenvalue weighted by molar-refractivity contribution is 5.98. The lowest BCUT2D eigenvalue weighted by Crippen LogP contribution is -2.38. The summed E-state index contributed by atoms with van der Waals surface area (Å²) < 4.78 is 5.50. The Morgan fingerprint density at radius 3 is 2.45 bits per heavy atom. The molecule has 0 saturated heterocycles. The van der Waals surface area contributed by atoms with Crippen molar-refractivity contribution in [3.05, 3.63) is 28.8 Å². The molecule has 1 rings (SSSR count). The second-order valence-electron chi connectivity index (χ2n) is 6.25. The number of methoxy groups -OCH3 is 1. The standard InChI is InChI=1S/C16H26N2O2/c1-10-7-12(15(19)18-11(2)9-17)14(20-6)13(8-10)16(3,4)5/h7-8,11H,9,17H2,1-6H3,(H,18,19). The highest BCUT2D eigenvalue weighted by atomic mass is 16.5. The molecule has 0 aromatic heterocycles. The van der Waals surface area contributed by atoms with E-state index < -0.39 is 0 Å². The van der Waals surface area contributed by atoms with Crippen LogP contribution in [0.2, 0.25) is 0 Å².